The fraction of sp³-hybridized carbons (Fsp3) is 0.357. The van der Waals surface area contributed by atoms with E-state index in [-0.39, 0.29) is 36.1 Å². The summed E-state index contributed by atoms with van der Waals surface area (Å²) in [5, 5.41) is 8.94. The molecule has 1 aromatic carbocycles. The Morgan fingerprint density at radius 3 is 2.76 bits per heavy atom. The van der Waals surface area contributed by atoms with Crippen LogP contribution in [-0.4, -0.2) is 50.6 Å². The number of amides is 1. The van der Waals surface area contributed by atoms with Crippen LogP contribution in [0.25, 0.3) is 0 Å². The zero-order valence-corrected chi connectivity index (χ0v) is 12.8. The molecule has 1 aromatic rings. The van der Waals surface area contributed by atoms with E-state index in [9.17, 15) is 13.2 Å². The summed E-state index contributed by atoms with van der Waals surface area (Å²) in [5.41, 5.74) is 0.270. The van der Waals surface area contributed by atoms with Crippen LogP contribution in [-0.2, 0) is 10.0 Å². The van der Waals surface area contributed by atoms with Crippen LogP contribution in [0.3, 0.4) is 0 Å². The molecular formula is C14H20N2O4S. The zero-order chi connectivity index (χ0) is 15.9. The number of nitrogens with one attached hydrogen (secondary N) is 1. The lowest BCUT2D eigenvalue weighted by atomic mass is 10.2. The molecule has 0 aromatic heterocycles. The number of benzene rings is 1. The number of nitrogens with zero attached hydrogens (tertiary/aromatic N) is 1. The molecule has 116 valence electrons. The first-order chi connectivity index (χ1) is 9.96. The molecule has 0 spiro atoms. The van der Waals surface area contributed by atoms with Gasteiger partial charge in [0.05, 0.1) is 11.5 Å². The number of rotatable bonds is 8. The summed E-state index contributed by atoms with van der Waals surface area (Å²) in [6.45, 7) is 5.86. The SMILES string of the molecule is C=CCNS(=O)(=O)c1cccc(C(=O)N(CC)CCO)c1. The summed E-state index contributed by atoms with van der Waals surface area (Å²) in [4.78, 5) is 13.7. The Hall–Kier alpha value is -1.70. The van der Waals surface area contributed by atoms with E-state index in [0.717, 1.165) is 0 Å². The van der Waals surface area contributed by atoms with E-state index in [1.165, 1.54) is 29.2 Å². The second-order valence-electron chi connectivity index (χ2n) is 4.28. The minimum Gasteiger partial charge on any atom is -0.395 e. The number of aliphatic hydroxyl groups is 1. The molecule has 0 heterocycles. The van der Waals surface area contributed by atoms with Gasteiger partial charge in [-0.2, -0.15) is 0 Å². The molecule has 0 aliphatic carbocycles. The smallest absolute Gasteiger partial charge is 0.253 e. The van der Waals surface area contributed by atoms with Gasteiger partial charge in [0.2, 0.25) is 10.0 Å². The summed E-state index contributed by atoms with van der Waals surface area (Å²) >= 11 is 0. The van der Waals surface area contributed by atoms with Gasteiger partial charge in [-0.1, -0.05) is 12.1 Å². The summed E-state index contributed by atoms with van der Waals surface area (Å²) in [7, 11) is -3.66. The molecule has 0 saturated heterocycles. The third-order valence-corrected chi connectivity index (χ3v) is 4.27. The molecule has 0 unspecified atom stereocenters. The molecule has 0 aliphatic rings. The zero-order valence-electron chi connectivity index (χ0n) is 11.9. The van der Waals surface area contributed by atoms with Crippen molar-refractivity contribution < 1.29 is 18.3 Å². The van der Waals surface area contributed by atoms with Crippen LogP contribution in [0.1, 0.15) is 17.3 Å². The Balaban J connectivity index is 3.05. The second kappa shape index (κ2) is 7.92. The molecule has 0 fully saturated rings. The summed E-state index contributed by atoms with van der Waals surface area (Å²) in [6, 6.07) is 5.82. The normalized spacial score (nSPS) is 11.1. The van der Waals surface area contributed by atoms with Gasteiger partial charge in [0.1, 0.15) is 0 Å². The predicted octanol–water partition coefficient (Wildman–Crippen LogP) is 0.605. The highest BCUT2D eigenvalue weighted by Gasteiger charge is 2.18. The summed E-state index contributed by atoms with van der Waals surface area (Å²) < 4.78 is 26.4. The summed E-state index contributed by atoms with van der Waals surface area (Å²) in [5.74, 6) is -0.313. The van der Waals surface area contributed by atoms with Gasteiger partial charge >= 0.3 is 0 Å². The van der Waals surface area contributed by atoms with Crippen molar-refractivity contribution in [3.8, 4) is 0 Å². The quantitative estimate of drug-likeness (QED) is 0.688. The highest BCUT2D eigenvalue weighted by Crippen LogP contribution is 2.13. The first-order valence-corrected chi connectivity index (χ1v) is 8.05. The van der Waals surface area contributed by atoms with Gasteiger partial charge in [-0.3, -0.25) is 4.79 Å². The van der Waals surface area contributed by atoms with Crippen molar-refractivity contribution in [1.82, 2.24) is 9.62 Å². The van der Waals surface area contributed by atoms with E-state index in [0.29, 0.717) is 6.54 Å². The van der Waals surface area contributed by atoms with Crippen molar-refractivity contribution in [3.63, 3.8) is 0 Å². The molecule has 1 amide bonds. The number of carbonyl (C=O) groups excluding carboxylic acids is 1. The lowest BCUT2D eigenvalue weighted by Crippen LogP contribution is -2.33. The van der Waals surface area contributed by atoms with Crippen LogP contribution in [0.5, 0.6) is 0 Å². The molecule has 0 saturated carbocycles. The molecule has 6 nitrogen and oxygen atoms in total. The van der Waals surface area contributed by atoms with Gasteiger partial charge in [-0.15, -0.1) is 6.58 Å². The lowest BCUT2D eigenvalue weighted by molar-refractivity contribution is 0.0731. The molecule has 0 radical (unpaired) electrons. The van der Waals surface area contributed by atoms with Crippen LogP contribution in [0, 0.1) is 0 Å². The maximum atomic E-state index is 12.2. The van der Waals surface area contributed by atoms with Crippen molar-refractivity contribution in [2.75, 3.05) is 26.2 Å². The topological polar surface area (TPSA) is 86.7 Å². The molecule has 1 rings (SSSR count). The Bertz CT molecular complexity index is 599. The highest BCUT2D eigenvalue weighted by molar-refractivity contribution is 7.89. The first kappa shape index (κ1) is 17.4. The van der Waals surface area contributed by atoms with Crippen LogP contribution >= 0.6 is 0 Å². The molecule has 0 atom stereocenters. The monoisotopic (exact) mass is 312 g/mol. The molecule has 0 bridgehead atoms. The number of aliphatic hydroxyl groups excluding tert-OH is 1. The van der Waals surface area contributed by atoms with Crippen LogP contribution in [0.15, 0.2) is 41.8 Å². The van der Waals surface area contributed by atoms with Gasteiger partial charge < -0.3 is 10.0 Å². The van der Waals surface area contributed by atoms with Crippen LogP contribution in [0.4, 0.5) is 0 Å². The van der Waals surface area contributed by atoms with Gasteiger partial charge in [0, 0.05) is 25.2 Å². The number of hydrogen-bond acceptors (Lipinski definition) is 4. The van der Waals surface area contributed by atoms with Crippen molar-refractivity contribution >= 4 is 15.9 Å². The third kappa shape index (κ3) is 4.66. The first-order valence-electron chi connectivity index (χ1n) is 6.57. The number of likely N-dealkylation sites (N-methyl/N-ethyl adjacent to an activating group) is 1. The van der Waals surface area contributed by atoms with E-state index >= 15 is 0 Å². The maximum absolute atomic E-state index is 12.2. The van der Waals surface area contributed by atoms with Gasteiger partial charge in [-0.05, 0) is 25.1 Å². The van der Waals surface area contributed by atoms with E-state index in [1.54, 1.807) is 13.0 Å². The Morgan fingerprint density at radius 2 is 2.19 bits per heavy atom. The van der Waals surface area contributed by atoms with Gasteiger partial charge in [-0.25, -0.2) is 13.1 Å². The van der Waals surface area contributed by atoms with Gasteiger partial charge in [0.15, 0.2) is 0 Å². The number of hydrogen-bond donors (Lipinski definition) is 2. The van der Waals surface area contributed by atoms with E-state index in [1.807, 2.05) is 0 Å². The Labute approximate surface area is 125 Å². The minimum absolute atomic E-state index is 0.0234. The predicted molar refractivity (Wildman–Crippen MR) is 80.5 cm³/mol. The van der Waals surface area contributed by atoms with Crippen molar-refractivity contribution in [2.45, 2.75) is 11.8 Å². The van der Waals surface area contributed by atoms with Crippen molar-refractivity contribution in [3.05, 3.63) is 42.5 Å². The fourth-order valence-corrected chi connectivity index (χ4v) is 2.80. The van der Waals surface area contributed by atoms with Gasteiger partial charge in [0.25, 0.3) is 5.91 Å². The second-order valence-corrected chi connectivity index (χ2v) is 6.04. The molecule has 21 heavy (non-hydrogen) atoms. The maximum Gasteiger partial charge on any atom is 0.253 e. The largest absolute Gasteiger partial charge is 0.395 e. The van der Waals surface area contributed by atoms with Crippen LogP contribution < -0.4 is 4.72 Å². The number of sulfonamides is 1. The van der Waals surface area contributed by atoms with E-state index in [4.69, 9.17) is 5.11 Å². The van der Waals surface area contributed by atoms with E-state index in [2.05, 4.69) is 11.3 Å². The van der Waals surface area contributed by atoms with Crippen molar-refractivity contribution in [1.29, 1.82) is 0 Å². The standard InChI is InChI=1S/C14H20N2O4S/c1-3-8-15-21(19,20)13-7-5-6-12(11-13)14(18)16(4-2)9-10-17/h3,5-7,11,15,17H,1,4,8-10H2,2H3. The molecule has 0 aliphatic heterocycles. The van der Waals surface area contributed by atoms with Crippen molar-refractivity contribution in [2.24, 2.45) is 0 Å². The number of carbonyl (C=O) groups is 1. The lowest BCUT2D eigenvalue weighted by Gasteiger charge is -2.20. The minimum atomic E-state index is -3.66. The average molecular weight is 312 g/mol. The molecule has 7 heteroatoms. The fourth-order valence-electron chi connectivity index (χ4n) is 1.75. The summed E-state index contributed by atoms with van der Waals surface area (Å²) in [6.07, 6.45) is 1.44. The molecular weight excluding hydrogens is 292 g/mol. The molecule has 2 N–H and O–H groups in total. The average Bonchev–Trinajstić information content (AvgIpc) is 2.50. The third-order valence-electron chi connectivity index (χ3n) is 2.85. The highest BCUT2D eigenvalue weighted by atomic mass is 32.2. The van der Waals surface area contributed by atoms with E-state index < -0.39 is 10.0 Å². The Morgan fingerprint density at radius 1 is 1.48 bits per heavy atom. The Kier molecular flexibility index (Phi) is 6.54. The van der Waals surface area contributed by atoms with Crippen LogP contribution in [0.2, 0.25) is 0 Å².